The molecule has 0 saturated carbocycles. The second-order valence-corrected chi connectivity index (χ2v) is 6.53. The van der Waals surface area contributed by atoms with Crippen LogP contribution >= 0.6 is 12.4 Å². The molecule has 0 bridgehead atoms. The summed E-state index contributed by atoms with van der Waals surface area (Å²) in [7, 11) is 1.96. The highest BCUT2D eigenvalue weighted by Gasteiger charge is 2.26. The molecule has 1 amide bonds. The average Bonchev–Trinajstić information content (AvgIpc) is 2.68. The monoisotopic (exact) mass is 372 g/mol. The van der Waals surface area contributed by atoms with Crippen molar-refractivity contribution >= 4 is 24.1 Å². The van der Waals surface area contributed by atoms with E-state index in [0.717, 1.165) is 32.5 Å². The zero-order valence-corrected chi connectivity index (χ0v) is 15.8. The highest BCUT2D eigenvalue weighted by molar-refractivity contribution is 6.15. The fraction of sp³-hybridized carbons (Fsp3) is 0.333. The van der Waals surface area contributed by atoms with E-state index in [-0.39, 0.29) is 24.1 Å². The number of likely N-dealkylation sites (tertiary alicyclic amines) is 1. The number of rotatable bonds is 5. The topological polar surface area (TPSA) is 49.4 Å². The Morgan fingerprint density at radius 2 is 1.54 bits per heavy atom. The zero-order valence-electron chi connectivity index (χ0n) is 15.0. The Morgan fingerprint density at radius 3 is 2.15 bits per heavy atom. The fourth-order valence-corrected chi connectivity index (χ4v) is 3.41. The molecule has 1 N–H and O–H groups in total. The van der Waals surface area contributed by atoms with Crippen LogP contribution in [0, 0.1) is 5.92 Å². The number of hydrogen-bond acceptors (Lipinski definition) is 3. The Kier molecular flexibility index (Phi) is 7.37. The summed E-state index contributed by atoms with van der Waals surface area (Å²) in [5, 5.41) is 3.21. The van der Waals surface area contributed by atoms with E-state index in [1.54, 1.807) is 24.3 Å². The van der Waals surface area contributed by atoms with Gasteiger partial charge in [0.05, 0.1) is 5.56 Å². The average molecular weight is 373 g/mol. The zero-order chi connectivity index (χ0) is 17.6. The molecule has 5 heteroatoms. The van der Waals surface area contributed by atoms with Gasteiger partial charge in [-0.3, -0.25) is 9.59 Å². The van der Waals surface area contributed by atoms with E-state index in [9.17, 15) is 9.59 Å². The molecule has 1 aliphatic rings. The van der Waals surface area contributed by atoms with Crippen LogP contribution in [0.3, 0.4) is 0 Å². The lowest BCUT2D eigenvalue weighted by molar-refractivity contribution is 0.0687. The van der Waals surface area contributed by atoms with Crippen LogP contribution in [0.4, 0.5) is 0 Å². The molecule has 3 rings (SSSR count). The predicted molar refractivity (Wildman–Crippen MR) is 106 cm³/mol. The summed E-state index contributed by atoms with van der Waals surface area (Å²) in [4.78, 5) is 27.7. The number of ketones is 1. The van der Waals surface area contributed by atoms with Gasteiger partial charge in [0.15, 0.2) is 5.78 Å². The Balaban J connectivity index is 0.00000243. The van der Waals surface area contributed by atoms with Gasteiger partial charge >= 0.3 is 0 Å². The molecule has 0 aliphatic carbocycles. The van der Waals surface area contributed by atoms with Gasteiger partial charge in [-0.15, -0.1) is 12.4 Å². The maximum Gasteiger partial charge on any atom is 0.254 e. The van der Waals surface area contributed by atoms with Gasteiger partial charge in [0.25, 0.3) is 5.91 Å². The third-order valence-electron chi connectivity index (χ3n) is 4.83. The first kappa shape index (κ1) is 20.1. The number of nitrogens with one attached hydrogen (secondary N) is 1. The molecule has 0 atom stereocenters. The summed E-state index contributed by atoms with van der Waals surface area (Å²) in [5.41, 5.74) is 1.59. The summed E-state index contributed by atoms with van der Waals surface area (Å²) in [6, 6.07) is 16.3. The fourth-order valence-electron chi connectivity index (χ4n) is 3.41. The molecule has 2 aromatic rings. The minimum atomic E-state index is -0.102. The molecule has 138 valence electrons. The van der Waals surface area contributed by atoms with Crippen molar-refractivity contribution in [2.24, 2.45) is 5.92 Å². The predicted octanol–water partition coefficient (Wildman–Crippen LogP) is 3.41. The maximum atomic E-state index is 13.0. The van der Waals surface area contributed by atoms with Crippen LogP contribution < -0.4 is 5.32 Å². The molecule has 0 radical (unpaired) electrons. The molecule has 0 spiro atoms. The van der Waals surface area contributed by atoms with E-state index >= 15 is 0 Å². The van der Waals surface area contributed by atoms with Crippen molar-refractivity contribution in [3.05, 3.63) is 71.3 Å². The summed E-state index contributed by atoms with van der Waals surface area (Å²) in [6.07, 6.45) is 2.00. The molecular formula is C21H25ClN2O2. The van der Waals surface area contributed by atoms with Gasteiger partial charge in [-0.05, 0) is 38.4 Å². The van der Waals surface area contributed by atoms with E-state index in [4.69, 9.17) is 0 Å². The largest absolute Gasteiger partial charge is 0.339 e. The molecule has 4 nitrogen and oxygen atoms in total. The Labute approximate surface area is 161 Å². The summed E-state index contributed by atoms with van der Waals surface area (Å²) in [5.74, 6) is 0.479. The quantitative estimate of drug-likeness (QED) is 0.818. The SMILES string of the molecule is CNCC1CCN(C(=O)c2ccccc2C(=O)c2ccccc2)CC1.Cl. The minimum absolute atomic E-state index is 0. The molecule has 0 aromatic heterocycles. The lowest BCUT2D eigenvalue weighted by Crippen LogP contribution is -2.40. The number of amides is 1. The van der Waals surface area contributed by atoms with Crippen LogP contribution in [0.25, 0.3) is 0 Å². The molecule has 26 heavy (non-hydrogen) atoms. The van der Waals surface area contributed by atoms with Crippen molar-refractivity contribution in [1.82, 2.24) is 10.2 Å². The van der Waals surface area contributed by atoms with E-state index < -0.39 is 0 Å². The molecule has 1 heterocycles. The maximum absolute atomic E-state index is 13.0. The van der Waals surface area contributed by atoms with Gasteiger partial charge in [-0.2, -0.15) is 0 Å². The van der Waals surface area contributed by atoms with Crippen molar-refractivity contribution in [1.29, 1.82) is 0 Å². The number of carbonyl (C=O) groups excluding carboxylic acids is 2. The van der Waals surface area contributed by atoms with E-state index in [0.29, 0.717) is 22.6 Å². The number of hydrogen-bond donors (Lipinski definition) is 1. The number of carbonyl (C=O) groups is 2. The summed E-state index contributed by atoms with van der Waals surface area (Å²) < 4.78 is 0. The number of halogens is 1. The van der Waals surface area contributed by atoms with Gasteiger partial charge in [-0.1, -0.05) is 48.5 Å². The summed E-state index contributed by atoms with van der Waals surface area (Å²) in [6.45, 7) is 2.49. The van der Waals surface area contributed by atoms with Gasteiger partial charge in [0.2, 0.25) is 0 Å². The van der Waals surface area contributed by atoms with Gasteiger partial charge < -0.3 is 10.2 Å². The van der Waals surface area contributed by atoms with E-state index in [1.807, 2.05) is 42.3 Å². The third kappa shape index (κ3) is 4.51. The van der Waals surface area contributed by atoms with E-state index in [2.05, 4.69) is 5.32 Å². The highest BCUT2D eigenvalue weighted by Crippen LogP contribution is 2.21. The lowest BCUT2D eigenvalue weighted by Gasteiger charge is -2.32. The third-order valence-corrected chi connectivity index (χ3v) is 4.83. The molecule has 2 aromatic carbocycles. The van der Waals surface area contributed by atoms with Crippen LogP contribution in [0.1, 0.15) is 39.1 Å². The van der Waals surface area contributed by atoms with Crippen LogP contribution in [0.15, 0.2) is 54.6 Å². The highest BCUT2D eigenvalue weighted by atomic mass is 35.5. The standard InChI is InChI=1S/C21H24N2O2.ClH/c1-22-15-16-11-13-23(14-12-16)21(25)19-10-6-5-9-18(19)20(24)17-7-3-2-4-8-17;/h2-10,16,22H,11-15H2,1H3;1H. The van der Waals surface area contributed by atoms with Crippen LogP contribution in [0.2, 0.25) is 0 Å². The minimum Gasteiger partial charge on any atom is -0.339 e. The molecular weight excluding hydrogens is 348 g/mol. The number of benzene rings is 2. The first-order valence-electron chi connectivity index (χ1n) is 8.83. The second kappa shape index (κ2) is 9.51. The second-order valence-electron chi connectivity index (χ2n) is 6.53. The van der Waals surface area contributed by atoms with Crippen LogP contribution in [-0.2, 0) is 0 Å². The van der Waals surface area contributed by atoms with Crippen molar-refractivity contribution in [3.8, 4) is 0 Å². The number of nitrogens with zero attached hydrogens (tertiary/aromatic N) is 1. The van der Waals surface area contributed by atoms with Crippen molar-refractivity contribution in [3.63, 3.8) is 0 Å². The van der Waals surface area contributed by atoms with Crippen molar-refractivity contribution in [2.75, 3.05) is 26.7 Å². The van der Waals surface area contributed by atoms with Gasteiger partial charge in [0.1, 0.15) is 0 Å². The Morgan fingerprint density at radius 1 is 0.962 bits per heavy atom. The molecule has 1 aliphatic heterocycles. The molecule has 0 unspecified atom stereocenters. The van der Waals surface area contributed by atoms with Crippen molar-refractivity contribution in [2.45, 2.75) is 12.8 Å². The first-order chi connectivity index (χ1) is 12.2. The smallest absolute Gasteiger partial charge is 0.254 e. The summed E-state index contributed by atoms with van der Waals surface area (Å²) >= 11 is 0. The molecule has 1 saturated heterocycles. The van der Waals surface area contributed by atoms with Crippen LogP contribution in [-0.4, -0.2) is 43.3 Å². The van der Waals surface area contributed by atoms with Crippen LogP contribution in [0.5, 0.6) is 0 Å². The van der Waals surface area contributed by atoms with E-state index in [1.165, 1.54) is 0 Å². The van der Waals surface area contributed by atoms with Gasteiger partial charge in [-0.25, -0.2) is 0 Å². The Bertz CT molecular complexity index is 741. The molecule has 1 fully saturated rings. The normalized spacial score (nSPS) is 14.6. The number of piperidine rings is 1. The van der Waals surface area contributed by atoms with Gasteiger partial charge in [0, 0.05) is 24.2 Å². The van der Waals surface area contributed by atoms with Crippen molar-refractivity contribution < 1.29 is 9.59 Å². The Hall–Kier alpha value is -2.17. The first-order valence-corrected chi connectivity index (χ1v) is 8.83. The lowest BCUT2D eigenvalue weighted by atomic mass is 9.94.